The number of esters is 1. The molecule has 1 heterocycles. The molecule has 5 nitrogen and oxygen atoms in total. The molecule has 1 atom stereocenters. The fraction of sp³-hybridized carbons (Fsp3) is 0.167. The van der Waals surface area contributed by atoms with Crippen LogP contribution in [-0.2, 0) is 27.4 Å². The number of carbonyl (C=O) groups excluding carboxylic acids is 2. The van der Waals surface area contributed by atoms with Crippen molar-refractivity contribution in [3.05, 3.63) is 102 Å². The van der Waals surface area contributed by atoms with E-state index in [1.54, 1.807) is 24.0 Å². The predicted octanol–water partition coefficient (Wildman–Crippen LogP) is 4.45. The van der Waals surface area contributed by atoms with E-state index in [4.69, 9.17) is 9.15 Å². The van der Waals surface area contributed by atoms with Gasteiger partial charge < -0.3 is 14.1 Å². The van der Waals surface area contributed by atoms with Crippen molar-refractivity contribution >= 4 is 18.0 Å². The lowest BCUT2D eigenvalue weighted by atomic mass is 10.1. The Kier molecular flexibility index (Phi) is 7.00. The number of carbonyl (C=O) groups is 2. The first-order chi connectivity index (χ1) is 14.1. The molecule has 1 aromatic heterocycles. The fourth-order valence-electron chi connectivity index (χ4n) is 2.88. The van der Waals surface area contributed by atoms with Gasteiger partial charge in [0.1, 0.15) is 5.76 Å². The van der Waals surface area contributed by atoms with E-state index in [1.807, 2.05) is 60.7 Å². The van der Waals surface area contributed by atoms with Gasteiger partial charge in [0.05, 0.1) is 6.26 Å². The van der Waals surface area contributed by atoms with Crippen LogP contribution in [0.15, 0.2) is 89.6 Å². The summed E-state index contributed by atoms with van der Waals surface area (Å²) in [6.07, 6.45) is 3.37. The van der Waals surface area contributed by atoms with Crippen molar-refractivity contribution in [3.63, 3.8) is 0 Å². The van der Waals surface area contributed by atoms with Crippen molar-refractivity contribution < 1.29 is 18.7 Å². The number of hydrogen-bond acceptors (Lipinski definition) is 4. The summed E-state index contributed by atoms with van der Waals surface area (Å²) < 4.78 is 10.4. The zero-order valence-corrected chi connectivity index (χ0v) is 16.2. The van der Waals surface area contributed by atoms with Gasteiger partial charge >= 0.3 is 5.97 Å². The molecular formula is C24H23NO4. The van der Waals surface area contributed by atoms with Gasteiger partial charge in [-0.05, 0) is 36.3 Å². The largest absolute Gasteiger partial charge is 0.465 e. The van der Waals surface area contributed by atoms with Crippen LogP contribution in [0.2, 0.25) is 0 Å². The standard InChI is InChI=1S/C24H23NO4/c1-19(29-23(26)15-14-22-13-8-16-28-22)24(27)25(17-20-9-4-2-5-10-20)18-21-11-6-3-7-12-21/h2-16,19H,17-18H2,1H3/b15-14+. The lowest BCUT2D eigenvalue weighted by Gasteiger charge is -2.26. The van der Waals surface area contributed by atoms with Crippen molar-refractivity contribution in [3.8, 4) is 0 Å². The Morgan fingerprint density at radius 2 is 1.52 bits per heavy atom. The summed E-state index contributed by atoms with van der Waals surface area (Å²) >= 11 is 0. The molecule has 0 bridgehead atoms. The molecule has 0 aliphatic rings. The van der Waals surface area contributed by atoms with Crippen molar-refractivity contribution in [1.29, 1.82) is 0 Å². The van der Waals surface area contributed by atoms with Gasteiger partial charge in [0.15, 0.2) is 6.10 Å². The molecule has 3 rings (SSSR count). The van der Waals surface area contributed by atoms with E-state index >= 15 is 0 Å². The Morgan fingerprint density at radius 1 is 0.931 bits per heavy atom. The maximum Gasteiger partial charge on any atom is 0.331 e. The first-order valence-corrected chi connectivity index (χ1v) is 9.40. The van der Waals surface area contributed by atoms with Gasteiger partial charge in [-0.15, -0.1) is 0 Å². The van der Waals surface area contributed by atoms with Gasteiger partial charge in [0, 0.05) is 19.2 Å². The molecule has 3 aromatic rings. The maximum atomic E-state index is 13.0. The first kappa shape index (κ1) is 20.1. The minimum atomic E-state index is -0.906. The van der Waals surface area contributed by atoms with Crippen LogP contribution in [0.4, 0.5) is 0 Å². The van der Waals surface area contributed by atoms with Crippen LogP contribution >= 0.6 is 0 Å². The lowest BCUT2D eigenvalue weighted by molar-refractivity contribution is -0.156. The summed E-state index contributed by atoms with van der Waals surface area (Å²) in [4.78, 5) is 26.8. The monoisotopic (exact) mass is 389 g/mol. The number of ether oxygens (including phenoxy) is 1. The summed E-state index contributed by atoms with van der Waals surface area (Å²) in [5.41, 5.74) is 2.01. The normalized spacial score (nSPS) is 11.9. The van der Waals surface area contributed by atoms with E-state index in [2.05, 4.69) is 0 Å². The second-order valence-corrected chi connectivity index (χ2v) is 6.59. The van der Waals surface area contributed by atoms with Gasteiger partial charge in [-0.2, -0.15) is 0 Å². The molecule has 0 saturated carbocycles. The van der Waals surface area contributed by atoms with Crippen molar-refractivity contribution in [2.75, 3.05) is 0 Å². The summed E-state index contributed by atoms with van der Waals surface area (Å²) in [5, 5.41) is 0. The molecule has 1 unspecified atom stereocenters. The molecule has 0 fully saturated rings. The van der Waals surface area contributed by atoms with E-state index < -0.39 is 12.1 Å². The summed E-state index contributed by atoms with van der Waals surface area (Å²) in [6.45, 7) is 2.45. The number of hydrogen-bond donors (Lipinski definition) is 0. The van der Waals surface area contributed by atoms with Crippen LogP contribution in [0.25, 0.3) is 6.08 Å². The summed E-state index contributed by atoms with van der Waals surface area (Å²) in [5.74, 6) is -0.310. The number of amides is 1. The molecule has 0 N–H and O–H groups in total. The van der Waals surface area contributed by atoms with E-state index in [9.17, 15) is 9.59 Å². The molecule has 0 aliphatic carbocycles. The van der Waals surface area contributed by atoms with Gasteiger partial charge in [-0.25, -0.2) is 4.79 Å². The molecule has 0 spiro atoms. The minimum Gasteiger partial charge on any atom is -0.465 e. The highest BCUT2D eigenvalue weighted by molar-refractivity contribution is 5.90. The van der Waals surface area contributed by atoms with Crippen LogP contribution in [0, 0.1) is 0 Å². The van der Waals surface area contributed by atoms with Crippen LogP contribution in [0.3, 0.4) is 0 Å². The molecule has 29 heavy (non-hydrogen) atoms. The quantitative estimate of drug-likeness (QED) is 0.422. The third-order valence-corrected chi connectivity index (χ3v) is 4.31. The highest BCUT2D eigenvalue weighted by Gasteiger charge is 2.23. The van der Waals surface area contributed by atoms with Gasteiger partial charge in [0.2, 0.25) is 0 Å². The highest BCUT2D eigenvalue weighted by atomic mass is 16.5. The van der Waals surface area contributed by atoms with E-state index in [0.29, 0.717) is 18.8 Å². The predicted molar refractivity (Wildman–Crippen MR) is 110 cm³/mol. The van der Waals surface area contributed by atoms with Crippen LogP contribution in [0.5, 0.6) is 0 Å². The molecule has 148 valence electrons. The number of rotatable bonds is 8. The number of nitrogens with zero attached hydrogens (tertiary/aromatic N) is 1. The molecule has 5 heteroatoms. The fourth-order valence-corrected chi connectivity index (χ4v) is 2.88. The molecular weight excluding hydrogens is 366 g/mol. The minimum absolute atomic E-state index is 0.252. The molecule has 1 amide bonds. The van der Waals surface area contributed by atoms with Crippen molar-refractivity contribution in [2.45, 2.75) is 26.1 Å². The topological polar surface area (TPSA) is 59.8 Å². The third kappa shape index (κ3) is 6.21. The lowest BCUT2D eigenvalue weighted by Crippen LogP contribution is -2.39. The molecule has 0 saturated heterocycles. The first-order valence-electron chi connectivity index (χ1n) is 9.40. The number of furan rings is 1. The molecule has 2 aromatic carbocycles. The Bertz CT molecular complexity index is 892. The van der Waals surface area contributed by atoms with Gasteiger partial charge in [-0.3, -0.25) is 4.79 Å². The Hall–Kier alpha value is -3.60. The average molecular weight is 389 g/mol. The summed E-state index contributed by atoms with van der Waals surface area (Å²) in [7, 11) is 0. The zero-order chi connectivity index (χ0) is 20.5. The number of benzene rings is 2. The smallest absolute Gasteiger partial charge is 0.331 e. The highest BCUT2D eigenvalue weighted by Crippen LogP contribution is 2.13. The average Bonchev–Trinajstić information content (AvgIpc) is 3.26. The second-order valence-electron chi connectivity index (χ2n) is 6.59. The van der Waals surface area contributed by atoms with Crippen LogP contribution in [-0.4, -0.2) is 22.9 Å². The third-order valence-electron chi connectivity index (χ3n) is 4.31. The Labute approximate surface area is 170 Å². The van der Waals surface area contributed by atoms with Crippen LogP contribution < -0.4 is 0 Å². The summed E-state index contributed by atoms with van der Waals surface area (Å²) in [6, 6.07) is 22.9. The van der Waals surface area contributed by atoms with Gasteiger partial charge in [0.25, 0.3) is 5.91 Å². The molecule has 0 radical (unpaired) electrons. The van der Waals surface area contributed by atoms with E-state index in [0.717, 1.165) is 11.1 Å². The molecule has 0 aliphatic heterocycles. The Balaban J connectivity index is 1.67. The SMILES string of the molecule is CC(OC(=O)/C=C/c1ccco1)C(=O)N(Cc1ccccc1)Cc1ccccc1. The van der Waals surface area contributed by atoms with Gasteiger partial charge in [-0.1, -0.05) is 60.7 Å². The maximum absolute atomic E-state index is 13.0. The zero-order valence-electron chi connectivity index (χ0n) is 16.2. The second kappa shape index (κ2) is 10.1. The van der Waals surface area contributed by atoms with Crippen molar-refractivity contribution in [2.24, 2.45) is 0 Å². The Morgan fingerprint density at radius 3 is 2.03 bits per heavy atom. The van der Waals surface area contributed by atoms with E-state index in [-0.39, 0.29) is 5.91 Å². The van der Waals surface area contributed by atoms with Crippen molar-refractivity contribution in [1.82, 2.24) is 4.90 Å². The van der Waals surface area contributed by atoms with Crippen LogP contribution in [0.1, 0.15) is 23.8 Å². The van der Waals surface area contributed by atoms with E-state index in [1.165, 1.54) is 18.4 Å².